The minimum atomic E-state index is -3.67. The summed E-state index contributed by atoms with van der Waals surface area (Å²) in [5.41, 5.74) is 2.16. The maximum Gasteiger partial charge on any atom is 0.261 e. The van der Waals surface area contributed by atoms with Crippen LogP contribution in [0.1, 0.15) is 5.56 Å². The molecule has 0 saturated carbocycles. The minimum Gasteiger partial charge on any atom is -0.390 e. The Hall–Kier alpha value is -1.76. The third kappa shape index (κ3) is 5.13. The fourth-order valence-corrected chi connectivity index (χ4v) is 3.11. The van der Waals surface area contributed by atoms with E-state index in [1.165, 1.54) is 12.1 Å². The summed E-state index contributed by atoms with van der Waals surface area (Å²) >= 11 is 5.53. The van der Waals surface area contributed by atoms with Crippen LogP contribution < -0.4 is 10.0 Å². The smallest absolute Gasteiger partial charge is 0.261 e. The van der Waals surface area contributed by atoms with Crippen LogP contribution in [0.5, 0.6) is 0 Å². The van der Waals surface area contributed by atoms with Gasteiger partial charge in [-0.25, -0.2) is 8.42 Å². The number of hydrogen-bond acceptors (Lipinski definition) is 4. The summed E-state index contributed by atoms with van der Waals surface area (Å²) in [6.45, 7) is 2.18. The van der Waals surface area contributed by atoms with Crippen molar-refractivity contribution < 1.29 is 13.5 Å². The molecule has 0 radical (unpaired) electrons. The van der Waals surface area contributed by atoms with Crippen molar-refractivity contribution in [3.05, 3.63) is 54.1 Å². The molecule has 0 heterocycles. The first kappa shape index (κ1) is 17.6. The van der Waals surface area contributed by atoms with Gasteiger partial charge in [0.25, 0.3) is 10.0 Å². The van der Waals surface area contributed by atoms with E-state index < -0.39 is 16.1 Å². The number of rotatable bonds is 7. The summed E-state index contributed by atoms with van der Waals surface area (Å²) in [7, 11) is -3.67. The number of aliphatic hydroxyl groups is 1. The summed E-state index contributed by atoms with van der Waals surface area (Å²) in [5.74, 6) is 0.111. The highest BCUT2D eigenvalue weighted by Crippen LogP contribution is 2.19. The Morgan fingerprint density at radius 3 is 2.48 bits per heavy atom. The molecule has 7 heteroatoms. The third-order valence-electron chi connectivity index (χ3n) is 3.17. The molecule has 0 fully saturated rings. The lowest BCUT2D eigenvalue weighted by Gasteiger charge is -2.12. The van der Waals surface area contributed by atoms with Crippen LogP contribution in [-0.2, 0) is 10.0 Å². The Morgan fingerprint density at radius 2 is 1.83 bits per heavy atom. The largest absolute Gasteiger partial charge is 0.390 e. The number of halogens is 1. The van der Waals surface area contributed by atoms with Crippen LogP contribution in [0.3, 0.4) is 0 Å². The maximum absolute atomic E-state index is 12.4. The van der Waals surface area contributed by atoms with E-state index in [0.29, 0.717) is 11.4 Å². The Morgan fingerprint density at radius 1 is 1.13 bits per heavy atom. The van der Waals surface area contributed by atoms with Crippen molar-refractivity contribution in [1.82, 2.24) is 0 Å². The standard InChI is InChI=1S/C16H19ClN2O3S/c1-12-5-7-13(8-6-12)19-23(21,22)16-4-2-3-14(9-16)18-11-15(20)10-17/h2-9,15,18-20H,10-11H2,1H3. The van der Waals surface area contributed by atoms with Gasteiger partial charge in [-0.1, -0.05) is 23.8 Å². The van der Waals surface area contributed by atoms with E-state index in [4.69, 9.17) is 11.6 Å². The second-order valence-corrected chi connectivity index (χ2v) is 7.18. The summed E-state index contributed by atoms with van der Waals surface area (Å²) in [4.78, 5) is 0.142. The third-order valence-corrected chi connectivity index (χ3v) is 4.90. The molecule has 5 nitrogen and oxygen atoms in total. The molecular formula is C16H19ClN2O3S. The number of nitrogens with one attached hydrogen (secondary N) is 2. The lowest BCUT2D eigenvalue weighted by Crippen LogP contribution is -2.21. The van der Waals surface area contributed by atoms with E-state index in [-0.39, 0.29) is 17.3 Å². The van der Waals surface area contributed by atoms with E-state index in [1.54, 1.807) is 24.3 Å². The fourth-order valence-electron chi connectivity index (χ4n) is 1.90. The maximum atomic E-state index is 12.4. The fraction of sp³-hybridized carbons (Fsp3) is 0.250. The number of aliphatic hydroxyl groups excluding tert-OH is 1. The van der Waals surface area contributed by atoms with Crippen LogP contribution in [0.2, 0.25) is 0 Å². The summed E-state index contributed by atoms with van der Waals surface area (Å²) in [5, 5.41) is 12.4. The molecule has 0 aliphatic carbocycles. The highest BCUT2D eigenvalue weighted by Gasteiger charge is 2.14. The van der Waals surface area contributed by atoms with Crippen LogP contribution in [0.25, 0.3) is 0 Å². The Labute approximate surface area is 141 Å². The molecule has 23 heavy (non-hydrogen) atoms. The molecular weight excluding hydrogens is 336 g/mol. The number of sulfonamides is 1. The van der Waals surface area contributed by atoms with E-state index >= 15 is 0 Å². The van der Waals surface area contributed by atoms with Gasteiger partial charge in [0.1, 0.15) is 0 Å². The zero-order valence-electron chi connectivity index (χ0n) is 12.7. The Bertz CT molecular complexity index is 748. The van der Waals surface area contributed by atoms with Crippen molar-refractivity contribution in [2.24, 2.45) is 0 Å². The van der Waals surface area contributed by atoms with E-state index in [2.05, 4.69) is 10.0 Å². The van der Waals surface area contributed by atoms with Crippen molar-refractivity contribution in [2.45, 2.75) is 17.9 Å². The van der Waals surface area contributed by atoms with Crippen LogP contribution in [0.15, 0.2) is 53.4 Å². The van der Waals surface area contributed by atoms with Gasteiger partial charge in [0.2, 0.25) is 0 Å². The van der Waals surface area contributed by atoms with Gasteiger partial charge in [-0.05, 0) is 37.3 Å². The first-order chi connectivity index (χ1) is 10.9. The van der Waals surface area contributed by atoms with Gasteiger partial charge in [-0.2, -0.15) is 0 Å². The monoisotopic (exact) mass is 354 g/mol. The highest BCUT2D eigenvalue weighted by atomic mass is 35.5. The molecule has 0 saturated heterocycles. The summed E-state index contributed by atoms with van der Waals surface area (Å²) < 4.78 is 27.4. The molecule has 1 atom stereocenters. The first-order valence-corrected chi connectivity index (χ1v) is 9.10. The first-order valence-electron chi connectivity index (χ1n) is 7.08. The zero-order valence-corrected chi connectivity index (χ0v) is 14.2. The van der Waals surface area contributed by atoms with Crippen molar-refractivity contribution in [3.63, 3.8) is 0 Å². The van der Waals surface area contributed by atoms with Crippen LogP contribution in [0, 0.1) is 6.92 Å². The molecule has 0 spiro atoms. The predicted octanol–water partition coefficient (Wildman–Crippen LogP) is 2.81. The SMILES string of the molecule is Cc1ccc(NS(=O)(=O)c2cccc(NCC(O)CCl)c2)cc1. The number of hydrogen-bond donors (Lipinski definition) is 3. The molecule has 3 N–H and O–H groups in total. The van der Waals surface area contributed by atoms with E-state index in [1.807, 2.05) is 19.1 Å². The van der Waals surface area contributed by atoms with Gasteiger partial charge >= 0.3 is 0 Å². The van der Waals surface area contributed by atoms with Crippen LogP contribution in [-0.4, -0.2) is 32.1 Å². The lowest BCUT2D eigenvalue weighted by atomic mass is 10.2. The number of alkyl halides is 1. The van der Waals surface area contributed by atoms with Gasteiger partial charge in [-0.15, -0.1) is 11.6 Å². The van der Waals surface area contributed by atoms with Gasteiger partial charge in [0, 0.05) is 17.9 Å². The van der Waals surface area contributed by atoms with E-state index in [9.17, 15) is 13.5 Å². The number of anilines is 2. The second kappa shape index (κ2) is 7.68. The van der Waals surface area contributed by atoms with Gasteiger partial charge in [0.15, 0.2) is 0 Å². The Balaban J connectivity index is 2.14. The molecule has 2 rings (SSSR count). The minimum absolute atomic E-state index is 0.111. The number of aryl methyl sites for hydroxylation is 1. The van der Waals surface area contributed by atoms with Crippen LogP contribution in [0.4, 0.5) is 11.4 Å². The zero-order chi connectivity index (χ0) is 16.9. The van der Waals surface area contributed by atoms with Crippen molar-refractivity contribution >= 4 is 33.0 Å². The molecule has 2 aromatic carbocycles. The highest BCUT2D eigenvalue weighted by molar-refractivity contribution is 7.92. The van der Waals surface area contributed by atoms with Crippen molar-refractivity contribution in [3.8, 4) is 0 Å². The van der Waals surface area contributed by atoms with Gasteiger partial charge in [0.05, 0.1) is 16.9 Å². The molecule has 1 unspecified atom stereocenters. The molecule has 0 bridgehead atoms. The predicted molar refractivity (Wildman–Crippen MR) is 93.6 cm³/mol. The van der Waals surface area contributed by atoms with Gasteiger partial charge < -0.3 is 10.4 Å². The topological polar surface area (TPSA) is 78.4 Å². The summed E-state index contributed by atoms with van der Waals surface area (Å²) in [6.07, 6.45) is -0.692. The Kier molecular flexibility index (Phi) is 5.87. The second-order valence-electron chi connectivity index (χ2n) is 5.19. The molecule has 124 valence electrons. The van der Waals surface area contributed by atoms with Crippen LogP contribution >= 0.6 is 11.6 Å². The van der Waals surface area contributed by atoms with E-state index in [0.717, 1.165) is 5.56 Å². The van der Waals surface area contributed by atoms with Gasteiger partial charge in [-0.3, -0.25) is 4.72 Å². The average molecular weight is 355 g/mol. The average Bonchev–Trinajstić information content (AvgIpc) is 2.55. The number of benzene rings is 2. The normalized spacial score (nSPS) is 12.7. The molecule has 0 aliphatic rings. The lowest BCUT2D eigenvalue weighted by molar-refractivity contribution is 0.211. The molecule has 0 aromatic heterocycles. The molecule has 2 aromatic rings. The quantitative estimate of drug-likeness (QED) is 0.668. The molecule has 0 amide bonds. The molecule has 0 aliphatic heterocycles. The summed E-state index contributed by atoms with van der Waals surface area (Å²) in [6, 6.07) is 13.5. The van der Waals surface area contributed by atoms with Crippen molar-refractivity contribution in [2.75, 3.05) is 22.5 Å². The van der Waals surface area contributed by atoms with Crippen molar-refractivity contribution in [1.29, 1.82) is 0 Å².